The number of aliphatic hydroxyl groups excluding tert-OH is 1. The van der Waals surface area contributed by atoms with Gasteiger partial charge in [-0.05, 0) is 76.6 Å². The van der Waals surface area contributed by atoms with E-state index in [1.54, 1.807) is 44.4 Å². The maximum absolute atomic E-state index is 14.3. The zero-order chi connectivity index (χ0) is 34.5. The first-order valence-corrected chi connectivity index (χ1v) is 19.3. The van der Waals surface area contributed by atoms with Gasteiger partial charge < -0.3 is 24.0 Å². The molecule has 13 nitrogen and oxygen atoms in total. The number of hydrogen-bond acceptors (Lipinski definition) is 11. The molecule has 3 aromatic rings. The molecule has 0 saturated carbocycles. The van der Waals surface area contributed by atoms with Crippen LogP contribution in [0.4, 0.5) is 5.69 Å². The van der Waals surface area contributed by atoms with Gasteiger partial charge in [-0.3, -0.25) is 9.52 Å². The molecule has 0 bridgehead atoms. The molecule has 16 heteroatoms. The summed E-state index contributed by atoms with van der Waals surface area (Å²) in [5.74, 6) is -0.387. The van der Waals surface area contributed by atoms with Crippen molar-refractivity contribution in [2.24, 2.45) is 5.92 Å². The molecule has 4 rings (SSSR count). The Kier molecular flexibility index (Phi) is 12.1. The highest BCUT2D eigenvalue weighted by Crippen LogP contribution is 2.30. The van der Waals surface area contributed by atoms with E-state index in [1.165, 1.54) is 28.4 Å². The first kappa shape index (κ1) is 36.8. The summed E-state index contributed by atoms with van der Waals surface area (Å²) in [7, 11) is -6.38. The van der Waals surface area contributed by atoms with Gasteiger partial charge in [-0.1, -0.05) is 18.1 Å². The first-order valence-electron chi connectivity index (χ1n) is 15.4. The summed E-state index contributed by atoms with van der Waals surface area (Å²) in [6, 6.07) is 7.06. The lowest BCUT2D eigenvalue weighted by molar-refractivity contribution is -0.00835. The van der Waals surface area contributed by atoms with E-state index in [0.717, 1.165) is 17.8 Å². The summed E-state index contributed by atoms with van der Waals surface area (Å²) in [6.07, 6.45) is 1.22. The highest BCUT2D eigenvalue weighted by atomic mass is 32.2. The number of hydrogen-bond donors (Lipinski definition) is 2. The third-order valence-electron chi connectivity index (χ3n) is 8.14. The minimum Gasteiger partial charge on any atom is -0.490 e. The SMILES string of the molecule is Cc1noc(C)c1S(=O)(=O)N(C)C[C@@H]1OCCCC[C@@H](C)Oc2ccc(NS(=O)(=O)c3cccs3)cc2C(=O)N([C@H](C)CO)C[C@@H]1C. The predicted octanol–water partition coefficient (Wildman–Crippen LogP) is 4.27. The Morgan fingerprint density at radius 1 is 1.17 bits per heavy atom. The summed E-state index contributed by atoms with van der Waals surface area (Å²) >= 11 is 1.07. The van der Waals surface area contributed by atoms with Crippen molar-refractivity contribution in [1.29, 1.82) is 0 Å². The van der Waals surface area contributed by atoms with Crippen LogP contribution in [0.5, 0.6) is 5.75 Å². The van der Waals surface area contributed by atoms with E-state index in [-0.39, 0.29) is 63.5 Å². The number of nitrogens with zero attached hydrogens (tertiary/aromatic N) is 3. The van der Waals surface area contributed by atoms with Gasteiger partial charge in [0.05, 0.1) is 30.4 Å². The van der Waals surface area contributed by atoms with Crippen molar-refractivity contribution < 1.29 is 40.7 Å². The second-order valence-corrected chi connectivity index (χ2v) is 16.8. The van der Waals surface area contributed by atoms with Crippen molar-refractivity contribution in [2.45, 2.75) is 81.2 Å². The first-order chi connectivity index (χ1) is 22.1. The van der Waals surface area contributed by atoms with Gasteiger partial charge in [0.1, 0.15) is 20.5 Å². The molecular formula is C31H44N4O9S3. The molecule has 47 heavy (non-hydrogen) atoms. The maximum Gasteiger partial charge on any atom is 0.271 e. The molecule has 0 radical (unpaired) electrons. The number of carbonyl (C=O) groups is 1. The Morgan fingerprint density at radius 2 is 1.91 bits per heavy atom. The lowest BCUT2D eigenvalue weighted by Crippen LogP contribution is -2.48. The zero-order valence-electron chi connectivity index (χ0n) is 27.5. The molecule has 1 amide bonds. The van der Waals surface area contributed by atoms with Crippen molar-refractivity contribution in [3.8, 4) is 5.75 Å². The quantitative estimate of drug-likeness (QED) is 0.327. The van der Waals surface area contributed by atoms with E-state index in [0.29, 0.717) is 25.2 Å². The second kappa shape index (κ2) is 15.5. The zero-order valence-corrected chi connectivity index (χ0v) is 30.0. The van der Waals surface area contributed by atoms with Crippen molar-refractivity contribution in [3.05, 3.63) is 52.7 Å². The van der Waals surface area contributed by atoms with Crippen molar-refractivity contribution >= 4 is 43.0 Å². The van der Waals surface area contributed by atoms with Gasteiger partial charge in [0.2, 0.25) is 10.0 Å². The minimum atomic E-state index is -3.96. The number of ether oxygens (including phenoxy) is 2. The number of anilines is 1. The highest BCUT2D eigenvalue weighted by molar-refractivity contribution is 7.94. The normalized spacial score (nSPS) is 21.1. The largest absolute Gasteiger partial charge is 0.490 e. The number of aliphatic hydroxyl groups is 1. The van der Waals surface area contributed by atoms with Crippen LogP contribution in [-0.2, 0) is 24.8 Å². The topological polar surface area (TPSA) is 169 Å². The van der Waals surface area contributed by atoms with Gasteiger partial charge in [0.25, 0.3) is 15.9 Å². The number of rotatable bonds is 9. The molecule has 2 N–H and O–H groups in total. The molecule has 0 aliphatic carbocycles. The molecule has 4 atom stereocenters. The Labute approximate surface area is 280 Å². The number of fused-ring (bicyclic) bond motifs is 1. The van der Waals surface area contributed by atoms with E-state index in [2.05, 4.69) is 9.88 Å². The monoisotopic (exact) mass is 712 g/mol. The number of thiophene rings is 1. The fourth-order valence-corrected chi connectivity index (χ4v) is 8.93. The number of carbonyl (C=O) groups excluding carboxylic acids is 1. The summed E-state index contributed by atoms with van der Waals surface area (Å²) in [5, 5.41) is 15.6. The van der Waals surface area contributed by atoms with Crippen LogP contribution < -0.4 is 9.46 Å². The fraction of sp³-hybridized carbons (Fsp3) is 0.548. The molecule has 3 heterocycles. The summed E-state index contributed by atoms with van der Waals surface area (Å²) < 4.78 is 74.5. The third-order valence-corrected chi connectivity index (χ3v) is 13.0. The summed E-state index contributed by atoms with van der Waals surface area (Å²) in [5.41, 5.74) is 0.568. The Morgan fingerprint density at radius 3 is 2.55 bits per heavy atom. The van der Waals surface area contributed by atoms with Gasteiger partial charge in [0, 0.05) is 38.3 Å². The van der Waals surface area contributed by atoms with Crippen LogP contribution in [0.3, 0.4) is 0 Å². The van der Waals surface area contributed by atoms with Crippen LogP contribution in [0, 0.1) is 19.8 Å². The van der Waals surface area contributed by atoms with Crippen molar-refractivity contribution in [2.75, 3.05) is 38.1 Å². The molecule has 0 spiro atoms. The molecule has 1 aromatic carbocycles. The average Bonchev–Trinajstić information content (AvgIpc) is 3.69. The van der Waals surface area contributed by atoms with Crippen LogP contribution in [0.25, 0.3) is 0 Å². The molecule has 2 aromatic heterocycles. The lowest BCUT2D eigenvalue weighted by atomic mass is 10.0. The van der Waals surface area contributed by atoms with Crippen LogP contribution in [0.15, 0.2) is 49.3 Å². The van der Waals surface area contributed by atoms with Gasteiger partial charge in [-0.15, -0.1) is 11.3 Å². The smallest absolute Gasteiger partial charge is 0.271 e. The number of benzene rings is 1. The molecular weight excluding hydrogens is 669 g/mol. The van der Waals surface area contributed by atoms with Gasteiger partial charge in [0.15, 0.2) is 5.76 Å². The number of amides is 1. The van der Waals surface area contributed by atoms with Crippen LogP contribution in [0.2, 0.25) is 0 Å². The second-order valence-electron chi connectivity index (χ2n) is 12.0. The van der Waals surface area contributed by atoms with E-state index >= 15 is 0 Å². The van der Waals surface area contributed by atoms with Crippen molar-refractivity contribution in [1.82, 2.24) is 14.4 Å². The molecule has 0 unspecified atom stereocenters. The molecule has 260 valence electrons. The standard InChI is InChI=1S/C31H44N4O9S3/c1-20-17-35(21(2)19-36)31(37)26-16-25(33-46(38,39)29-11-9-15-45-29)12-13-27(26)43-22(3)10-7-8-14-42-28(20)18-34(6)47(40,41)30-23(4)32-44-24(30)5/h9,11-13,15-16,20-22,28,33,36H,7-8,10,14,17-19H2,1-6H3/t20-,21+,22+,28-/m0/s1. The number of aryl methyl sites for hydroxylation is 2. The number of nitrogens with one attached hydrogen (secondary N) is 1. The van der Waals surface area contributed by atoms with E-state index in [9.17, 15) is 26.7 Å². The molecule has 0 fully saturated rings. The van der Waals surface area contributed by atoms with Crippen LogP contribution >= 0.6 is 11.3 Å². The molecule has 1 aliphatic rings. The number of aromatic nitrogens is 1. The maximum atomic E-state index is 14.3. The lowest BCUT2D eigenvalue weighted by Gasteiger charge is -2.35. The van der Waals surface area contributed by atoms with Crippen molar-refractivity contribution in [3.63, 3.8) is 0 Å². The van der Waals surface area contributed by atoms with Gasteiger partial charge >= 0.3 is 0 Å². The van der Waals surface area contributed by atoms with E-state index in [4.69, 9.17) is 14.0 Å². The van der Waals surface area contributed by atoms with Gasteiger partial charge in [-0.2, -0.15) is 4.31 Å². The molecule has 0 saturated heterocycles. The van der Waals surface area contributed by atoms with Gasteiger partial charge in [-0.25, -0.2) is 16.8 Å². The van der Waals surface area contributed by atoms with E-state index in [1.807, 2.05) is 13.8 Å². The highest BCUT2D eigenvalue weighted by Gasteiger charge is 2.34. The van der Waals surface area contributed by atoms with Crippen LogP contribution in [-0.4, -0.2) is 93.8 Å². The fourth-order valence-electron chi connectivity index (χ4n) is 5.42. The predicted molar refractivity (Wildman–Crippen MR) is 178 cm³/mol. The minimum absolute atomic E-state index is 0.00611. The molecule has 1 aliphatic heterocycles. The van der Waals surface area contributed by atoms with E-state index < -0.39 is 38.1 Å². The third kappa shape index (κ3) is 8.72. The summed E-state index contributed by atoms with van der Waals surface area (Å²) in [6.45, 7) is 8.68. The Bertz CT molecular complexity index is 1710. The number of likely N-dealkylation sites (N-methyl/N-ethyl adjacent to an activating group) is 1. The number of sulfonamides is 2. The summed E-state index contributed by atoms with van der Waals surface area (Å²) in [4.78, 5) is 15.8. The van der Waals surface area contributed by atoms with Crippen LogP contribution in [0.1, 0.15) is 61.8 Å². The average molecular weight is 713 g/mol. The Balaban J connectivity index is 1.68. The Hall–Kier alpha value is -3.02.